The zero-order chi connectivity index (χ0) is 18.6. The quantitative estimate of drug-likeness (QED) is 0.697. The second kappa shape index (κ2) is 7.74. The van der Waals surface area contributed by atoms with Crippen LogP contribution in [-0.2, 0) is 6.42 Å². The SMILES string of the molecule is O=C(NCCc1csc2ccccc12)c1ccc(OCC(F)(F)F)nc1. The predicted molar refractivity (Wildman–Crippen MR) is 93.6 cm³/mol. The fourth-order valence-electron chi connectivity index (χ4n) is 2.39. The Balaban J connectivity index is 1.52. The van der Waals surface area contributed by atoms with Gasteiger partial charge in [-0.25, -0.2) is 4.98 Å². The van der Waals surface area contributed by atoms with Crippen LogP contribution in [0.3, 0.4) is 0 Å². The van der Waals surface area contributed by atoms with Crippen molar-refractivity contribution in [3.8, 4) is 5.88 Å². The molecule has 0 spiro atoms. The van der Waals surface area contributed by atoms with E-state index in [1.165, 1.54) is 34.0 Å². The van der Waals surface area contributed by atoms with Crippen molar-refractivity contribution in [2.24, 2.45) is 0 Å². The first-order chi connectivity index (χ1) is 12.4. The van der Waals surface area contributed by atoms with Gasteiger partial charge >= 0.3 is 6.18 Å². The van der Waals surface area contributed by atoms with Gasteiger partial charge in [0.2, 0.25) is 5.88 Å². The highest BCUT2D eigenvalue weighted by Gasteiger charge is 2.28. The van der Waals surface area contributed by atoms with Gasteiger partial charge in [0.1, 0.15) is 0 Å². The van der Waals surface area contributed by atoms with Gasteiger partial charge in [0, 0.05) is 23.5 Å². The van der Waals surface area contributed by atoms with E-state index in [1.54, 1.807) is 11.3 Å². The van der Waals surface area contributed by atoms with E-state index in [0.717, 1.165) is 0 Å². The minimum atomic E-state index is -4.43. The lowest BCUT2D eigenvalue weighted by Gasteiger charge is -2.09. The van der Waals surface area contributed by atoms with Crippen LogP contribution in [0.5, 0.6) is 5.88 Å². The number of amides is 1. The van der Waals surface area contributed by atoms with Gasteiger partial charge in [-0.05, 0) is 34.9 Å². The molecule has 0 aliphatic carbocycles. The van der Waals surface area contributed by atoms with Gasteiger partial charge in [0.25, 0.3) is 5.91 Å². The summed E-state index contributed by atoms with van der Waals surface area (Å²) in [5.41, 5.74) is 1.43. The molecule has 8 heteroatoms. The van der Waals surface area contributed by atoms with Gasteiger partial charge in [0.15, 0.2) is 6.61 Å². The molecule has 0 saturated carbocycles. The lowest BCUT2D eigenvalue weighted by molar-refractivity contribution is -0.154. The molecule has 4 nitrogen and oxygen atoms in total. The Morgan fingerprint density at radius 3 is 2.73 bits per heavy atom. The van der Waals surface area contributed by atoms with E-state index in [-0.39, 0.29) is 17.4 Å². The summed E-state index contributed by atoms with van der Waals surface area (Å²) in [4.78, 5) is 15.8. The molecular weight excluding hydrogens is 365 g/mol. The molecule has 26 heavy (non-hydrogen) atoms. The summed E-state index contributed by atoms with van der Waals surface area (Å²) < 4.78 is 42.0. The van der Waals surface area contributed by atoms with Crippen LogP contribution in [0.4, 0.5) is 13.2 Å². The van der Waals surface area contributed by atoms with Crippen LogP contribution in [0, 0.1) is 0 Å². The third-order valence-electron chi connectivity index (χ3n) is 3.62. The number of carbonyl (C=O) groups excluding carboxylic acids is 1. The second-order valence-electron chi connectivity index (χ2n) is 5.55. The van der Waals surface area contributed by atoms with Crippen LogP contribution in [0.15, 0.2) is 48.0 Å². The normalized spacial score (nSPS) is 11.5. The number of ether oxygens (including phenoxy) is 1. The van der Waals surface area contributed by atoms with Gasteiger partial charge in [-0.1, -0.05) is 18.2 Å². The van der Waals surface area contributed by atoms with E-state index in [0.29, 0.717) is 13.0 Å². The number of hydrogen-bond donors (Lipinski definition) is 1. The van der Waals surface area contributed by atoms with E-state index in [2.05, 4.69) is 26.5 Å². The Hall–Kier alpha value is -2.61. The summed E-state index contributed by atoms with van der Waals surface area (Å²) in [6.45, 7) is -0.966. The van der Waals surface area contributed by atoms with E-state index < -0.39 is 12.8 Å². The zero-order valence-corrected chi connectivity index (χ0v) is 14.4. The summed E-state index contributed by atoms with van der Waals surface area (Å²) in [7, 11) is 0. The Morgan fingerprint density at radius 1 is 1.19 bits per heavy atom. The lowest BCUT2D eigenvalue weighted by atomic mass is 10.1. The van der Waals surface area contributed by atoms with Crippen LogP contribution < -0.4 is 10.1 Å². The first-order valence-corrected chi connectivity index (χ1v) is 8.69. The molecule has 3 aromatic rings. The number of halogens is 3. The van der Waals surface area contributed by atoms with Gasteiger partial charge in [0.05, 0.1) is 5.56 Å². The zero-order valence-electron chi connectivity index (χ0n) is 13.5. The number of pyridine rings is 1. The Morgan fingerprint density at radius 2 is 2.00 bits per heavy atom. The molecule has 2 heterocycles. The third kappa shape index (κ3) is 4.72. The number of nitrogens with zero attached hydrogens (tertiary/aromatic N) is 1. The van der Waals surface area contributed by atoms with E-state index in [4.69, 9.17) is 0 Å². The minimum Gasteiger partial charge on any atom is -0.468 e. The number of nitrogens with one attached hydrogen (secondary N) is 1. The van der Waals surface area contributed by atoms with Gasteiger partial charge in [-0.2, -0.15) is 13.2 Å². The number of rotatable bonds is 6. The Labute approximate surface area is 151 Å². The molecule has 1 N–H and O–H groups in total. The summed E-state index contributed by atoms with van der Waals surface area (Å²) in [6.07, 6.45) is -2.54. The molecule has 0 aliphatic heterocycles. The summed E-state index contributed by atoms with van der Waals surface area (Å²) in [6, 6.07) is 10.7. The second-order valence-corrected chi connectivity index (χ2v) is 6.46. The number of fused-ring (bicyclic) bond motifs is 1. The van der Waals surface area contributed by atoms with Crippen molar-refractivity contribution in [2.75, 3.05) is 13.2 Å². The fraction of sp³-hybridized carbons (Fsp3) is 0.222. The number of benzene rings is 1. The van der Waals surface area contributed by atoms with Crippen molar-refractivity contribution < 1.29 is 22.7 Å². The molecule has 0 aliphatic rings. The maximum Gasteiger partial charge on any atom is 0.422 e. The molecule has 1 aromatic carbocycles. The van der Waals surface area contributed by atoms with Crippen LogP contribution in [0.25, 0.3) is 10.1 Å². The first-order valence-electron chi connectivity index (χ1n) is 7.81. The van der Waals surface area contributed by atoms with Crippen LogP contribution in [0.1, 0.15) is 15.9 Å². The van der Waals surface area contributed by atoms with Gasteiger partial charge < -0.3 is 10.1 Å². The largest absolute Gasteiger partial charge is 0.468 e. The number of aromatic nitrogens is 1. The van der Waals surface area contributed by atoms with Crippen LogP contribution >= 0.6 is 11.3 Å². The molecule has 0 bridgehead atoms. The highest BCUT2D eigenvalue weighted by Crippen LogP contribution is 2.25. The lowest BCUT2D eigenvalue weighted by Crippen LogP contribution is -2.25. The van der Waals surface area contributed by atoms with Crippen LogP contribution in [-0.4, -0.2) is 30.2 Å². The molecule has 0 fully saturated rings. The number of carbonyl (C=O) groups is 1. The molecule has 136 valence electrons. The number of thiophene rings is 1. The van der Waals surface area contributed by atoms with Crippen molar-refractivity contribution in [1.29, 1.82) is 0 Å². The number of alkyl halides is 3. The molecule has 1 amide bonds. The number of hydrogen-bond acceptors (Lipinski definition) is 4. The average Bonchev–Trinajstić information content (AvgIpc) is 3.03. The molecule has 0 saturated heterocycles. The Kier molecular flexibility index (Phi) is 5.41. The van der Waals surface area contributed by atoms with Gasteiger partial charge in [-0.15, -0.1) is 11.3 Å². The minimum absolute atomic E-state index is 0.177. The predicted octanol–water partition coefficient (Wildman–Crippen LogP) is 4.21. The highest BCUT2D eigenvalue weighted by molar-refractivity contribution is 7.17. The van der Waals surface area contributed by atoms with Crippen molar-refractivity contribution in [3.63, 3.8) is 0 Å². The van der Waals surface area contributed by atoms with E-state index in [9.17, 15) is 18.0 Å². The molecule has 0 radical (unpaired) electrons. The van der Waals surface area contributed by atoms with Crippen LogP contribution in [0.2, 0.25) is 0 Å². The van der Waals surface area contributed by atoms with Crippen molar-refractivity contribution in [3.05, 3.63) is 59.1 Å². The smallest absolute Gasteiger partial charge is 0.422 e. The summed E-state index contributed by atoms with van der Waals surface area (Å²) in [5.74, 6) is -0.511. The molecule has 0 unspecified atom stereocenters. The fourth-order valence-corrected chi connectivity index (χ4v) is 3.39. The molecule has 2 aromatic heterocycles. The van der Waals surface area contributed by atoms with Crippen molar-refractivity contribution in [1.82, 2.24) is 10.3 Å². The summed E-state index contributed by atoms with van der Waals surface area (Å²) in [5, 5.41) is 6.04. The average molecular weight is 380 g/mol. The highest BCUT2D eigenvalue weighted by atomic mass is 32.1. The van der Waals surface area contributed by atoms with Crippen molar-refractivity contribution >= 4 is 27.3 Å². The van der Waals surface area contributed by atoms with E-state index >= 15 is 0 Å². The molecular formula is C18H15F3N2O2S. The topological polar surface area (TPSA) is 51.2 Å². The van der Waals surface area contributed by atoms with Crippen molar-refractivity contribution in [2.45, 2.75) is 12.6 Å². The standard InChI is InChI=1S/C18H15F3N2O2S/c19-18(20,21)11-25-16-6-5-12(9-23-16)17(24)22-8-7-13-10-26-15-4-2-1-3-14(13)15/h1-6,9-10H,7-8,11H2,(H,22,24). The third-order valence-corrected chi connectivity index (χ3v) is 4.64. The Bertz CT molecular complexity index is 891. The summed E-state index contributed by atoms with van der Waals surface area (Å²) >= 11 is 1.66. The van der Waals surface area contributed by atoms with Gasteiger partial charge in [-0.3, -0.25) is 4.79 Å². The molecule has 3 rings (SSSR count). The maximum atomic E-state index is 12.1. The molecule has 0 atom stereocenters. The first kappa shape index (κ1) is 18.2. The van der Waals surface area contributed by atoms with E-state index in [1.807, 2.05) is 18.2 Å². The monoisotopic (exact) mass is 380 g/mol. The maximum absolute atomic E-state index is 12.1.